The third-order valence-electron chi connectivity index (χ3n) is 5.99. The number of nitrogens with one attached hydrogen (secondary N) is 1. The number of hydrogen-bond acceptors (Lipinski definition) is 8. The van der Waals surface area contributed by atoms with E-state index in [1.54, 1.807) is 38.7 Å². The Morgan fingerprint density at radius 3 is 2.03 bits per heavy atom. The van der Waals surface area contributed by atoms with Gasteiger partial charge in [0.25, 0.3) is 0 Å². The Kier molecular flexibility index (Phi) is 6.79. The molecule has 1 aromatic heterocycles. The molecule has 0 aliphatic carbocycles. The summed E-state index contributed by atoms with van der Waals surface area (Å²) >= 11 is 0. The Morgan fingerprint density at radius 1 is 0.844 bits per heavy atom. The van der Waals surface area contributed by atoms with Crippen molar-refractivity contribution in [2.24, 2.45) is 0 Å². The molecular weight excluding hydrogens is 410 g/mol. The van der Waals surface area contributed by atoms with E-state index < -0.39 is 0 Å². The molecule has 2 aliphatic rings. The van der Waals surface area contributed by atoms with Crippen LogP contribution in [0.1, 0.15) is 0 Å². The average molecular weight is 442 g/mol. The highest BCUT2D eigenvalue weighted by Crippen LogP contribution is 2.30. The number of amides is 2. The van der Waals surface area contributed by atoms with Gasteiger partial charge in [-0.3, -0.25) is 0 Å². The number of likely N-dealkylation sites (N-methyl/N-ethyl adjacent to an activating group) is 1. The molecule has 10 nitrogen and oxygen atoms in total. The Bertz CT molecular complexity index is 925. The average Bonchev–Trinajstić information content (AvgIpc) is 2.84. The number of aromatic nitrogens is 2. The molecule has 2 saturated heterocycles. The first kappa shape index (κ1) is 21.9. The molecule has 2 aliphatic heterocycles. The zero-order chi connectivity index (χ0) is 22.5. The van der Waals surface area contributed by atoms with Crippen molar-refractivity contribution in [2.75, 3.05) is 88.7 Å². The summed E-state index contributed by atoms with van der Waals surface area (Å²) in [5.74, 6) is 3.08. The quantitative estimate of drug-likeness (QED) is 0.749. The summed E-state index contributed by atoms with van der Waals surface area (Å²) in [5, 5.41) is 2.94. The van der Waals surface area contributed by atoms with Crippen LogP contribution in [0.4, 0.5) is 22.1 Å². The standard InChI is InChI=1S/C22H31N7O3/c1-26-6-8-27(9-7-26)20-15-21(24-16-23-20)28-10-12-29(13-11-28)22(30)25-17-4-5-18(31-2)19(14-17)32-3/h4-5,14-16H,6-13H2,1-3H3,(H,25,30). The van der Waals surface area contributed by atoms with Crippen LogP contribution in [0.3, 0.4) is 0 Å². The maximum Gasteiger partial charge on any atom is 0.321 e. The second-order valence-corrected chi connectivity index (χ2v) is 8.00. The molecule has 2 amide bonds. The summed E-state index contributed by atoms with van der Waals surface area (Å²) < 4.78 is 10.6. The van der Waals surface area contributed by atoms with Crippen LogP contribution in [0.2, 0.25) is 0 Å². The predicted octanol–water partition coefficient (Wildman–Crippen LogP) is 1.60. The lowest BCUT2D eigenvalue weighted by Gasteiger charge is -2.36. The van der Waals surface area contributed by atoms with Crippen molar-refractivity contribution in [3.05, 3.63) is 30.6 Å². The fourth-order valence-electron chi connectivity index (χ4n) is 3.97. The predicted molar refractivity (Wildman–Crippen MR) is 124 cm³/mol. The van der Waals surface area contributed by atoms with Gasteiger partial charge in [-0.15, -0.1) is 0 Å². The van der Waals surface area contributed by atoms with E-state index in [0.717, 1.165) is 50.9 Å². The zero-order valence-corrected chi connectivity index (χ0v) is 19.0. The number of methoxy groups -OCH3 is 2. The maximum atomic E-state index is 12.7. The van der Waals surface area contributed by atoms with Crippen LogP contribution in [-0.2, 0) is 0 Å². The first-order valence-electron chi connectivity index (χ1n) is 10.9. The third-order valence-corrected chi connectivity index (χ3v) is 5.99. The molecule has 1 N–H and O–H groups in total. The summed E-state index contributed by atoms with van der Waals surface area (Å²) in [5.41, 5.74) is 0.669. The van der Waals surface area contributed by atoms with Crippen molar-refractivity contribution in [2.45, 2.75) is 0 Å². The van der Waals surface area contributed by atoms with E-state index in [1.807, 2.05) is 4.90 Å². The van der Waals surface area contributed by atoms with Crippen molar-refractivity contribution in [1.29, 1.82) is 0 Å². The smallest absolute Gasteiger partial charge is 0.321 e. The van der Waals surface area contributed by atoms with Gasteiger partial charge in [0.05, 0.1) is 14.2 Å². The molecule has 4 rings (SSSR count). The Labute approximate surface area is 188 Å². The number of nitrogens with zero attached hydrogens (tertiary/aromatic N) is 6. The SMILES string of the molecule is COc1ccc(NC(=O)N2CCN(c3cc(N4CCN(C)CC4)ncn3)CC2)cc1OC. The largest absolute Gasteiger partial charge is 0.493 e. The van der Waals surface area contributed by atoms with Crippen molar-refractivity contribution < 1.29 is 14.3 Å². The lowest BCUT2D eigenvalue weighted by molar-refractivity contribution is 0.208. The van der Waals surface area contributed by atoms with Crippen molar-refractivity contribution in [3.8, 4) is 11.5 Å². The number of rotatable bonds is 5. The first-order valence-corrected chi connectivity index (χ1v) is 10.9. The van der Waals surface area contributed by atoms with Crippen LogP contribution in [0.25, 0.3) is 0 Å². The summed E-state index contributed by atoms with van der Waals surface area (Å²) in [4.78, 5) is 30.3. The topological polar surface area (TPSA) is 86.3 Å². The highest BCUT2D eigenvalue weighted by atomic mass is 16.5. The number of carbonyl (C=O) groups excluding carboxylic acids is 1. The fraction of sp³-hybridized carbons (Fsp3) is 0.500. The van der Waals surface area contributed by atoms with Crippen LogP contribution in [0, 0.1) is 0 Å². The Hall–Kier alpha value is -3.27. The minimum atomic E-state index is -0.127. The molecule has 32 heavy (non-hydrogen) atoms. The fourth-order valence-corrected chi connectivity index (χ4v) is 3.97. The van der Waals surface area contributed by atoms with Gasteiger partial charge in [-0.2, -0.15) is 0 Å². The van der Waals surface area contributed by atoms with E-state index in [9.17, 15) is 4.79 Å². The van der Waals surface area contributed by atoms with Crippen LogP contribution < -0.4 is 24.6 Å². The van der Waals surface area contributed by atoms with E-state index in [0.29, 0.717) is 30.3 Å². The molecule has 2 aromatic rings. The normalized spacial score (nSPS) is 17.3. The lowest BCUT2D eigenvalue weighted by Crippen LogP contribution is -2.50. The van der Waals surface area contributed by atoms with Gasteiger partial charge in [0.1, 0.15) is 18.0 Å². The molecule has 3 heterocycles. The second kappa shape index (κ2) is 9.90. The van der Waals surface area contributed by atoms with Crippen molar-refractivity contribution in [1.82, 2.24) is 19.8 Å². The van der Waals surface area contributed by atoms with Crippen LogP contribution >= 0.6 is 0 Å². The van der Waals surface area contributed by atoms with Crippen LogP contribution in [0.5, 0.6) is 11.5 Å². The summed E-state index contributed by atoms with van der Waals surface area (Å²) in [6.07, 6.45) is 1.64. The van der Waals surface area contributed by atoms with Crippen LogP contribution in [-0.4, -0.2) is 99.4 Å². The third kappa shape index (κ3) is 4.96. The van der Waals surface area contributed by atoms with Gasteiger partial charge >= 0.3 is 6.03 Å². The molecular formula is C22H31N7O3. The minimum Gasteiger partial charge on any atom is -0.493 e. The van der Waals surface area contributed by atoms with Gasteiger partial charge in [0.2, 0.25) is 0 Å². The highest BCUT2D eigenvalue weighted by Gasteiger charge is 2.23. The maximum absolute atomic E-state index is 12.7. The highest BCUT2D eigenvalue weighted by molar-refractivity contribution is 5.90. The molecule has 0 radical (unpaired) electrons. The van der Waals surface area contributed by atoms with Gasteiger partial charge < -0.3 is 34.4 Å². The number of carbonyl (C=O) groups is 1. The molecule has 0 bridgehead atoms. The number of anilines is 3. The summed E-state index contributed by atoms with van der Waals surface area (Å²) in [6.45, 7) is 6.69. The molecule has 1 aromatic carbocycles. The molecule has 2 fully saturated rings. The van der Waals surface area contributed by atoms with Gasteiger partial charge in [0.15, 0.2) is 11.5 Å². The molecule has 172 valence electrons. The van der Waals surface area contributed by atoms with Crippen molar-refractivity contribution in [3.63, 3.8) is 0 Å². The first-order chi connectivity index (χ1) is 15.6. The van der Waals surface area contributed by atoms with Gasteiger partial charge in [-0.25, -0.2) is 14.8 Å². The monoisotopic (exact) mass is 441 g/mol. The molecule has 0 atom stereocenters. The number of ether oxygens (including phenoxy) is 2. The molecule has 0 spiro atoms. The summed E-state index contributed by atoms with van der Waals surface area (Å²) in [7, 11) is 5.30. The van der Waals surface area contributed by atoms with Crippen molar-refractivity contribution >= 4 is 23.4 Å². The van der Waals surface area contributed by atoms with Gasteiger partial charge in [0, 0.05) is 70.2 Å². The van der Waals surface area contributed by atoms with E-state index in [2.05, 4.69) is 43.1 Å². The van der Waals surface area contributed by atoms with E-state index in [1.165, 1.54) is 0 Å². The number of hydrogen-bond donors (Lipinski definition) is 1. The van der Waals surface area contributed by atoms with Crippen LogP contribution in [0.15, 0.2) is 30.6 Å². The summed E-state index contributed by atoms with van der Waals surface area (Å²) in [6, 6.07) is 7.27. The molecule has 10 heteroatoms. The number of urea groups is 1. The van der Waals surface area contributed by atoms with Gasteiger partial charge in [-0.05, 0) is 19.2 Å². The Balaban J connectivity index is 1.33. The van der Waals surface area contributed by atoms with E-state index in [-0.39, 0.29) is 6.03 Å². The molecule has 0 saturated carbocycles. The second-order valence-electron chi connectivity index (χ2n) is 8.00. The van der Waals surface area contributed by atoms with E-state index in [4.69, 9.17) is 9.47 Å². The van der Waals surface area contributed by atoms with E-state index >= 15 is 0 Å². The number of piperazine rings is 2. The molecule has 0 unspecified atom stereocenters. The lowest BCUT2D eigenvalue weighted by atomic mass is 10.2. The number of benzene rings is 1. The zero-order valence-electron chi connectivity index (χ0n) is 19.0. The van der Waals surface area contributed by atoms with Gasteiger partial charge in [-0.1, -0.05) is 0 Å². The Morgan fingerprint density at radius 2 is 1.44 bits per heavy atom. The minimum absolute atomic E-state index is 0.127.